The summed E-state index contributed by atoms with van der Waals surface area (Å²) in [6.45, 7) is 0.975. The van der Waals surface area contributed by atoms with Gasteiger partial charge in [-0.1, -0.05) is 4.98 Å². The summed E-state index contributed by atoms with van der Waals surface area (Å²) in [4.78, 5) is 11.5. The SMILES string of the molecule is Nc1c2[nH]cnc2nc2[n+]1CCC2. The van der Waals surface area contributed by atoms with Crippen LogP contribution in [0.3, 0.4) is 0 Å². The van der Waals surface area contributed by atoms with E-state index in [1.807, 2.05) is 0 Å². The van der Waals surface area contributed by atoms with Gasteiger partial charge >= 0.3 is 0 Å². The first kappa shape index (κ1) is 6.82. The van der Waals surface area contributed by atoms with Crippen molar-refractivity contribution in [1.29, 1.82) is 0 Å². The highest BCUT2D eigenvalue weighted by Crippen LogP contribution is 2.15. The number of hydrogen-bond acceptors (Lipinski definition) is 3. The lowest BCUT2D eigenvalue weighted by Gasteiger charge is -1.98. The fourth-order valence-electron chi connectivity index (χ4n) is 1.85. The molecule has 5 nitrogen and oxygen atoms in total. The van der Waals surface area contributed by atoms with Crippen LogP contribution in [0.1, 0.15) is 12.2 Å². The number of imidazole rings is 1. The topological polar surface area (TPSA) is 71.5 Å². The standard InChI is InChI=1S/C8H9N5/c9-7-6-8(11-4-10-6)12-5-2-1-3-13(5)7/h4H,1-3H2,(H2,9,10,11)/p+1. The summed E-state index contributed by atoms with van der Waals surface area (Å²) in [7, 11) is 0. The molecule has 2 aromatic rings. The fraction of sp³-hybridized carbons (Fsp3) is 0.375. The van der Waals surface area contributed by atoms with Crippen LogP contribution in [0.4, 0.5) is 5.82 Å². The predicted octanol–water partition coefficient (Wildman–Crippen LogP) is -0.226. The molecule has 0 bridgehead atoms. The highest BCUT2D eigenvalue weighted by molar-refractivity contribution is 5.78. The summed E-state index contributed by atoms with van der Waals surface area (Å²) in [5, 5.41) is 0. The van der Waals surface area contributed by atoms with Crippen LogP contribution in [-0.2, 0) is 13.0 Å². The molecule has 0 unspecified atom stereocenters. The Labute approximate surface area is 74.6 Å². The molecular weight excluding hydrogens is 166 g/mol. The van der Waals surface area contributed by atoms with E-state index in [4.69, 9.17) is 5.73 Å². The first-order chi connectivity index (χ1) is 6.36. The van der Waals surface area contributed by atoms with Gasteiger partial charge in [0.05, 0.1) is 12.9 Å². The van der Waals surface area contributed by atoms with Gasteiger partial charge in [-0.05, 0) is 6.42 Å². The van der Waals surface area contributed by atoms with Crippen LogP contribution in [0.15, 0.2) is 6.33 Å². The van der Waals surface area contributed by atoms with E-state index in [9.17, 15) is 0 Å². The maximum atomic E-state index is 5.97. The Hall–Kier alpha value is -1.65. The molecule has 0 atom stereocenters. The van der Waals surface area contributed by atoms with Crippen molar-refractivity contribution in [1.82, 2.24) is 15.0 Å². The molecule has 0 spiro atoms. The van der Waals surface area contributed by atoms with Gasteiger partial charge in [-0.3, -0.25) is 0 Å². The molecule has 1 aliphatic rings. The highest BCUT2D eigenvalue weighted by Gasteiger charge is 2.23. The van der Waals surface area contributed by atoms with Gasteiger partial charge in [-0.2, -0.15) is 0 Å². The number of rotatable bonds is 0. The van der Waals surface area contributed by atoms with Crippen molar-refractivity contribution in [3.8, 4) is 0 Å². The minimum absolute atomic E-state index is 0.727. The van der Waals surface area contributed by atoms with E-state index >= 15 is 0 Å². The summed E-state index contributed by atoms with van der Waals surface area (Å²) < 4.78 is 2.06. The maximum Gasteiger partial charge on any atom is 0.260 e. The van der Waals surface area contributed by atoms with E-state index in [0.29, 0.717) is 0 Å². The van der Waals surface area contributed by atoms with Crippen LogP contribution in [0.2, 0.25) is 0 Å². The van der Waals surface area contributed by atoms with Crippen molar-refractivity contribution in [3.63, 3.8) is 0 Å². The average molecular weight is 176 g/mol. The van der Waals surface area contributed by atoms with Gasteiger partial charge < -0.3 is 10.7 Å². The molecule has 5 heteroatoms. The molecule has 3 heterocycles. The number of fused-ring (bicyclic) bond motifs is 2. The average Bonchev–Trinajstić information content (AvgIpc) is 2.71. The van der Waals surface area contributed by atoms with Gasteiger partial charge in [0.15, 0.2) is 5.52 Å². The van der Waals surface area contributed by atoms with E-state index in [2.05, 4.69) is 19.5 Å². The molecule has 3 rings (SSSR count). The van der Waals surface area contributed by atoms with Gasteiger partial charge in [-0.15, -0.1) is 0 Å². The van der Waals surface area contributed by atoms with Crippen LogP contribution in [0, 0.1) is 0 Å². The molecule has 66 valence electrons. The lowest BCUT2D eigenvalue weighted by molar-refractivity contribution is -0.678. The van der Waals surface area contributed by atoms with Gasteiger partial charge in [0.25, 0.3) is 5.65 Å². The largest absolute Gasteiger partial charge is 0.336 e. The molecule has 0 saturated carbocycles. The lowest BCUT2D eigenvalue weighted by atomic mass is 10.4. The fourth-order valence-corrected chi connectivity index (χ4v) is 1.85. The summed E-state index contributed by atoms with van der Waals surface area (Å²) in [5.74, 6) is 1.81. The zero-order valence-corrected chi connectivity index (χ0v) is 7.12. The third kappa shape index (κ3) is 0.783. The van der Waals surface area contributed by atoms with E-state index in [0.717, 1.165) is 42.2 Å². The third-order valence-corrected chi connectivity index (χ3v) is 2.49. The molecule has 0 aromatic carbocycles. The van der Waals surface area contributed by atoms with E-state index in [1.165, 1.54) is 0 Å². The lowest BCUT2D eigenvalue weighted by Crippen LogP contribution is -2.37. The monoisotopic (exact) mass is 176 g/mol. The van der Waals surface area contributed by atoms with Crippen molar-refractivity contribution in [2.45, 2.75) is 19.4 Å². The molecule has 0 amide bonds. The number of aromatic nitrogens is 4. The summed E-state index contributed by atoms with van der Waals surface area (Å²) in [6, 6.07) is 0. The third-order valence-electron chi connectivity index (χ3n) is 2.49. The van der Waals surface area contributed by atoms with Gasteiger partial charge in [0.1, 0.15) is 0 Å². The van der Waals surface area contributed by atoms with E-state index in [1.54, 1.807) is 6.33 Å². The minimum atomic E-state index is 0.727. The van der Waals surface area contributed by atoms with Crippen molar-refractivity contribution in [2.75, 3.05) is 5.73 Å². The Morgan fingerprint density at radius 3 is 3.38 bits per heavy atom. The van der Waals surface area contributed by atoms with E-state index in [-0.39, 0.29) is 0 Å². The maximum absolute atomic E-state index is 5.97. The number of H-pyrrole nitrogens is 1. The highest BCUT2D eigenvalue weighted by atomic mass is 15.2. The molecule has 0 saturated heterocycles. The zero-order valence-electron chi connectivity index (χ0n) is 7.12. The molecule has 0 aliphatic carbocycles. The Morgan fingerprint density at radius 2 is 2.46 bits per heavy atom. The predicted molar refractivity (Wildman–Crippen MR) is 46.8 cm³/mol. The van der Waals surface area contributed by atoms with Gasteiger partial charge in [-0.25, -0.2) is 9.55 Å². The summed E-state index contributed by atoms with van der Waals surface area (Å²) in [5.41, 5.74) is 7.55. The Morgan fingerprint density at radius 1 is 1.54 bits per heavy atom. The van der Waals surface area contributed by atoms with Crippen molar-refractivity contribution < 1.29 is 4.57 Å². The summed E-state index contributed by atoms with van der Waals surface area (Å²) in [6.07, 6.45) is 3.76. The number of hydrogen-bond donors (Lipinski definition) is 2. The van der Waals surface area contributed by atoms with Crippen molar-refractivity contribution in [3.05, 3.63) is 12.2 Å². The normalized spacial score (nSPS) is 15.1. The molecule has 2 aromatic heterocycles. The number of aromatic amines is 1. The molecular formula is C8H10N5+. The number of nitrogens with two attached hydrogens (primary N) is 1. The van der Waals surface area contributed by atoms with Crippen LogP contribution < -0.4 is 10.3 Å². The number of nitrogens with one attached hydrogen (secondary N) is 1. The smallest absolute Gasteiger partial charge is 0.260 e. The zero-order chi connectivity index (χ0) is 8.84. The summed E-state index contributed by atoms with van der Waals surface area (Å²) >= 11 is 0. The van der Waals surface area contributed by atoms with Crippen LogP contribution in [0.25, 0.3) is 11.2 Å². The quantitative estimate of drug-likeness (QED) is 0.545. The van der Waals surface area contributed by atoms with E-state index < -0.39 is 0 Å². The number of aryl methyl sites for hydroxylation is 1. The van der Waals surface area contributed by atoms with Crippen LogP contribution in [0.5, 0.6) is 0 Å². The first-order valence-electron chi connectivity index (χ1n) is 4.37. The Bertz CT molecular complexity index is 473. The molecule has 13 heavy (non-hydrogen) atoms. The minimum Gasteiger partial charge on any atom is -0.336 e. The number of nitrogen functional groups attached to an aromatic ring is 1. The molecule has 1 aliphatic heterocycles. The molecule has 0 radical (unpaired) electrons. The Balaban J connectivity index is 2.45. The Kier molecular flexibility index (Phi) is 1.15. The second kappa shape index (κ2) is 2.18. The second-order valence-electron chi connectivity index (χ2n) is 3.27. The van der Waals surface area contributed by atoms with Crippen LogP contribution in [-0.4, -0.2) is 15.0 Å². The molecule has 0 fully saturated rings. The number of nitrogens with zero attached hydrogens (tertiary/aromatic N) is 3. The second-order valence-corrected chi connectivity index (χ2v) is 3.27. The van der Waals surface area contributed by atoms with Crippen LogP contribution >= 0.6 is 0 Å². The van der Waals surface area contributed by atoms with Crippen molar-refractivity contribution in [2.24, 2.45) is 0 Å². The molecule has 3 N–H and O–H groups in total. The van der Waals surface area contributed by atoms with Gasteiger partial charge in [0, 0.05) is 6.42 Å². The number of anilines is 1. The first-order valence-corrected chi connectivity index (χ1v) is 4.37. The van der Waals surface area contributed by atoms with Crippen molar-refractivity contribution >= 4 is 17.0 Å². The van der Waals surface area contributed by atoms with Gasteiger partial charge in [0.2, 0.25) is 11.6 Å².